The Morgan fingerprint density at radius 3 is 2.45 bits per heavy atom. The van der Waals surface area contributed by atoms with E-state index in [2.05, 4.69) is 25.2 Å². The molecule has 1 fully saturated rings. The summed E-state index contributed by atoms with van der Waals surface area (Å²) in [7, 11) is 3.14. The fraction of sp³-hybridized carbons (Fsp3) is 0.400. The minimum atomic E-state index is 0. The van der Waals surface area contributed by atoms with Gasteiger partial charge in [-0.05, 0) is 18.2 Å². The number of piperazine rings is 1. The molecule has 0 aliphatic carbocycles. The third-order valence-electron chi connectivity index (χ3n) is 4.73. The molecule has 11 heteroatoms. The van der Waals surface area contributed by atoms with Crippen LogP contribution in [0.2, 0.25) is 0 Å². The van der Waals surface area contributed by atoms with E-state index < -0.39 is 0 Å². The van der Waals surface area contributed by atoms with Gasteiger partial charge in [-0.25, -0.2) is 9.97 Å². The second-order valence-electron chi connectivity index (χ2n) is 6.63. The van der Waals surface area contributed by atoms with E-state index in [0.717, 1.165) is 5.69 Å². The van der Waals surface area contributed by atoms with Crippen molar-refractivity contribution in [3.05, 3.63) is 36.7 Å². The van der Waals surface area contributed by atoms with Crippen LogP contribution in [0.1, 0.15) is 6.42 Å². The molecule has 0 atom stereocenters. The maximum atomic E-state index is 12.5. The van der Waals surface area contributed by atoms with Crippen LogP contribution >= 0.6 is 24.0 Å². The third-order valence-corrected chi connectivity index (χ3v) is 4.73. The number of benzene rings is 1. The van der Waals surface area contributed by atoms with Crippen molar-refractivity contribution < 1.29 is 14.3 Å². The van der Waals surface area contributed by atoms with Gasteiger partial charge in [0.2, 0.25) is 11.9 Å². The van der Waals surface area contributed by atoms with Crippen molar-refractivity contribution >= 4 is 47.5 Å². The summed E-state index contributed by atoms with van der Waals surface area (Å²) in [6.45, 7) is 3.01. The molecule has 0 bridgehead atoms. The number of aromatic nitrogens is 2. The average Bonchev–Trinajstić information content (AvgIpc) is 2.79. The molecule has 31 heavy (non-hydrogen) atoms. The maximum Gasteiger partial charge on any atom is 0.225 e. The van der Waals surface area contributed by atoms with Crippen molar-refractivity contribution in [2.75, 3.05) is 57.2 Å². The third kappa shape index (κ3) is 6.84. The summed E-state index contributed by atoms with van der Waals surface area (Å²) < 4.78 is 10.5. The molecule has 1 aliphatic rings. The Labute approximate surface area is 198 Å². The smallest absolute Gasteiger partial charge is 0.225 e. The Hall–Kier alpha value is -2.83. The van der Waals surface area contributed by atoms with E-state index in [-0.39, 0.29) is 35.8 Å². The van der Waals surface area contributed by atoms with Gasteiger partial charge in [0.15, 0.2) is 17.5 Å². The molecule has 0 saturated carbocycles. The van der Waals surface area contributed by atoms with Gasteiger partial charge in [0.25, 0.3) is 0 Å². The monoisotopic (exact) mass is 541 g/mol. The van der Waals surface area contributed by atoms with Crippen molar-refractivity contribution in [3.8, 4) is 11.5 Å². The summed E-state index contributed by atoms with van der Waals surface area (Å²) in [6, 6.07) is 7.14. The number of nitrogens with two attached hydrogens (primary N) is 1. The number of hydrogen-bond acceptors (Lipinski definition) is 7. The van der Waals surface area contributed by atoms with Gasteiger partial charge >= 0.3 is 0 Å². The topological polar surface area (TPSA) is 118 Å². The molecule has 1 amide bonds. The van der Waals surface area contributed by atoms with E-state index in [1.807, 2.05) is 11.0 Å². The quantitative estimate of drug-likeness (QED) is 0.308. The number of nitrogens with one attached hydrogen (secondary N) is 1. The first-order valence-electron chi connectivity index (χ1n) is 9.69. The highest BCUT2D eigenvalue weighted by molar-refractivity contribution is 14.0. The summed E-state index contributed by atoms with van der Waals surface area (Å²) >= 11 is 0. The molecule has 0 unspecified atom stereocenters. The van der Waals surface area contributed by atoms with Crippen LogP contribution < -0.4 is 25.4 Å². The molecular weight excluding hydrogens is 513 g/mol. The number of ether oxygens (including phenoxy) is 2. The molecule has 1 aromatic heterocycles. The van der Waals surface area contributed by atoms with Crippen LogP contribution in [0.4, 0.5) is 11.6 Å². The van der Waals surface area contributed by atoms with Gasteiger partial charge in [0.05, 0.1) is 20.8 Å². The first-order valence-corrected chi connectivity index (χ1v) is 9.69. The summed E-state index contributed by atoms with van der Waals surface area (Å²) in [5.74, 6) is 2.21. The largest absolute Gasteiger partial charge is 0.493 e. The Morgan fingerprint density at radius 2 is 1.81 bits per heavy atom. The average molecular weight is 541 g/mol. The highest BCUT2D eigenvalue weighted by Crippen LogP contribution is 2.29. The lowest BCUT2D eigenvalue weighted by Crippen LogP contribution is -2.49. The Balaban J connectivity index is 0.00000341. The Bertz CT molecular complexity index is 874. The normalized spacial score (nSPS) is 13.9. The molecule has 1 aromatic carbocycles. The molecule has 3 N–H and O–H groups in total. The molecule has 1 aliphatic heterocycles. The number of nitrogens with zero attached hydrogens (tertiary/aromatic N) is 5. The zero-order valence-electron chi connectivity index (χ0n) is 17.7. The number of methoxy groups -OCH3 is 2. The standard InChI is InChI=1S/C20H27N7O3.HI/c1-29-16-5-4-15(14-17(16)30-2)25-19(21)22-9-6-18(28)26-10-12-27(13-11-26)20-23-7-3-8-24-20;/h3-5,7-8,14H,6,9-13H2,1-2H3,(H3,21,22,25);1H. The van der Waals surface area contributed by atoms with Crippen LogP contribution in [-0.4, -0.2) is 73.7 Å². The van der Waals surface area contributed by atoms with E-state index in [1.165, 1.54) is 0 Å². The second-order valence-corrected chi connectivity index (χ2v) is 6.63. The van der Waals surface area contributed by atoms with Gasteiger partial charge in [-0.1, -0.05) is 0 Å². The van der Waals surface area contributed by atoms with Crippen LogP contribution in [0.3, 0.4) is 0 Å². The van der Waals surface area contributed by atoms with Gasteiger partial charge in [0.1, 0.15) is 0 Å². The second kappa shape index (κ2) is 12.1. The fourth-order valence-corrected chi connectivity index (χ4v) is 3.14. The van der Waals surface area contributed by atoms with Crippen LogP contribution in [0.25, 0.3) is 0 Å². The predicted octanol–water partition coefficient (Wildman–Crippen LogP) is 1.58. The number of aliphatic imine (C=N–C) groups is 1. The number of carbonyl (C=O) groups excluding carboxylic acids is 1. The number of anilines is 2. The minimum Gasteiger partial charge on any atom is -0.493 e. The molecular formula is C20H28IN7O3. The first kappa shape index (κ1) is 24.4. The van der Waals surface area contributed by atoms with Crippen molar-refractivity contribution in [2.24, 2.45) is 10.7 Å². The van der Waals surface area contributed by atoms with E-state index in [0.29, 0.717) is 56.6 Å². The molecule has 168 valence electrons. The highest BCUT2D eigenvalue weighted by atomic mass is 127. The molecule has 0 radical (unpaired) electrons. The van der Waals surface area contributed by atoms with Gasteiger partial charge in [-0.2, -0.15) is 0 Å². The fourth-order valence-electron chi connectivity index (χ4n) is 3.14. The molecule has 1 saturated heterocycles. The Kier molecular flexibility index (Phi) is 9.56. The summed E-state index contributed by atoms with van der Waals surface area (Å²) in [4.78, 5) is 29.1. The highest BCUT2D eigenvalue weighted by Gasteiger charge is 2.22. The van der Waals surface area contributed by atoms with E-state index in [4.69, 9.17) is 15.2 Å². The van der Waals surface area contributed by atoms with Crippen molar-refractivity contribution in [1.29, 1.82) is 0 Å². The van der Waals surface area contributed by atoms with Gasteiger partial charge < -0.3 is 30.3 Å². The van der Waals surface area contributed by atoms with Crippen LogP contribution in [0.5, 0.6) is 11.5 Å². The number of guanidine groups is 1. The number of hydrogen-bond donors (Lipinski definition) is 2. The summed E-state index contributed by atoms with van der Waals surface area (Å²) in [6.07, 6.45) is 3.74. The SMILES string of the molecule is COc1ccc(NC(N)=NCCC(=O)N2CCN(c3ncccn3)CC2)cc1OC.I. The van der Waals surface area contributed by atoms with E-state index >= 15 is 0 Å². The molecule has 3 rings (SSSR count). The lowest BCUT2D eigenvalue weighted by Gasteiger charge is -2.34. The zero-order valence-corrected chi connectivity index (χ0v) is 20.0. The van der Waals surface area contributed by atoms with Crippen LogP contribution in [0, 0.1) is 0 Å². The minimum absolute atomic E-state index is 0. The predicted molar refractivity (Wildman–Crippen MR) is 131 cm³/mol. The maximum absolute atomic E-state index is 12.5. The zero-order chi connectivity index (χ0) is 21.3. The van der Waals surface area contributed by atoms with Gasteiger partial charge in [-0.3, -0.25) is 9.79 Å². The van der Waals surface area contributed by atoms with Crippen molar-refractivity contribution in [2.45, 2.75) is 6.42 Å². The molecule has 2 aromatic rings. The van der Waals surface area contributed by atoms with E-state index in [9.17, 15) is 4.79 Å². The number of carbonyl (C=O) groups is 1. The molecule has 0 spiro atoms. The van der Waals surface area contributed by atoms with E-state index in [1.54, 1.807) is 44.8 Å². The summed E-state index contributed by atoms with van der Waals surface area (Å²) in [5, 5.41) is 2.99. The molecule has 2 heterocycles. The van der Waals surface area contributed by atoms with Crippen LogP contribution in [0.15, 0.2) is 41.7 Å². The number of rotatable bonds is 7. The van der Waals surface area contributed by atoms with Crippen molar-refractivity contribution in [3.63, 3.8) is 0 Å². The number of amides is 1. The number of halogens is 1. The molecule has 10 nitrogen and oxygen atoms in total. The van der Waals surface area contributed by atoms with Crippen LogP contribution in [-0.2, 0) is 4.79 Å². The first-order chi connectivity index (χ1) is 14.6. The Morgan fingerprint density at radius 1 is 1.13 bits per heavy atom. The van der Waals surface area contributed by atoms with Gasteiger partial charge in [-0.15, -0.1) is 24.0 Å². The van der Waals surface area contributed by atoms with Gasteiger partial charge in [0, 0.05) is 56.7 Å². The summed E-state index contributed by atoms with van der Waals surface area (Å²) in [5.41, 5.74) is 6.66. The lowest BCUT2D eigenvalue weighted by molar-refractivity contribution is -0.131. The lowest BCUT2D eigenvalue weighted by atomic mass is 10.2. The van der Waals surface area contributed by atoms with Crippen molar-refractivity contribution in [1.82, 2.24) is 14.9 Å².